The molecule has 0 unspecified atom stereocenters. The first kappa shape index (κ1) is 16.9. The van der Waals surface area contributed by atoms with Gasteiger partial charge in [-0.15, -0.1) is 11.3 Å². The number of nitrogens with zero attached hydrogens (tertiary/aromatic N) is 1. The van der Waals surface area contributed by atoms with Gasteiger partial charge in [-0.1, -0.05) is 25.1 Å². The second kappa shape index (κ2) is 7.00. The van der Waals surface area contributed by atoms with E-state index in [9.17, 15) is 9.59 Å². The predicted octanol–water partition coefficient (Wildman–Crippen LogP) is 4.39. The number of Topliss-reactive ketones (excluding diaryl/α,β-unsaturated/α-hetero) is 1. The lowest BCUT2D eigenvalue weighted by Gasteiger charge is -2.11. The number of esters is 1. The summed E-state index contributed by atoms with van der Waals surface area (Å²) in [4.78, 5) is 31.6. The Hall–Kier alpha value is -2.53. The van der Waals surface area contributed by atoms with Crippen LogP contribution in [0.4, 0.5) is 0 Å². The Labute approximate surface area is 155 Å². The molecule has 1 aliphatic rings. The van der Waals surface area contributed by atoms with E-state index in [1.807, 2.05) is 30.3 Å². The molecule has 5 heteroatoms. The topological polar surface area (TPSA) is 56.3 Å². The lowest BCUT2D eigenvalue weighted by molar-refractivity contribution is 0.0476. The fourth-order valence-corrected chi connectivity index (χ4v) is 4.31. The van der Waals surface area contributed by atoms with Gasteiger partial charge in [0.1, 0.15) is 0 Å². The van der Waals surface area contributed by atoms with Crippen molar-refractivity contribution in [3.63, 3.8) is 0 Å². The molecule has 2 heterocycles. The van der Waals surface area contributed by atoms with E-state index in [4.69, 9.17) is 4.74 Å². The van der Waals surface area contributed by atoms with Gasteiger partial charge in [0, 0.05) is 16.0 Å². The van der Waals surface area contributed by atoms with Crippen molar-refractivity contribution in [2.24, 2.45) is 0 Å². The second-order valence-corrected chi connectivity index (χ2v) is 7.57. The molecule has 1 aromatic carbocycles. The summed E-state index contributed by atoms with van der Waals surface area (Å²) in [5.74, 6) is -0.583. The Morgan fingerprint density at radius 3 is 2.81 bits per heavy atom. The van der Waals surface area contributed by atoms with Crippen molar-refractivity contribution in [3.8, 4) is 0 Å². The van der Waals surface area contributed by atoms with Crippen LogP contribution in [0.1, 0.15) is 49.5 Å². The number of hydrogen-bond donors (Lipinski definition) is 0. The monoisotopic (exact) mass is 365 g/mol. The number of aryl methyl sites for hydroxylation is 2. The highest BCUT2D eigenvalue weighted by Crippen LogP contribution is 2.30. The molecule has 3 aromatic rings. The maximum atomic E-state index is 12.8. The van der Waals surface area contributed by atoms with Crippen LogP contribution in [0.15, 0.2) is 36.4 Å². The van der Waals surface area contributed by atoms with Gasteiger partial charge in [0.05, 0.1) is 16.0 Å². The Bertz CT molecular complexity index is 1010. The number of rotatable bonds is 5. The van der Waals surface area contributed by atoms with E-state index in [-0.39, 0.29) is 12.4 Å². The first-order valence-electron chi connectivity index (χ1n) is 8.87. The highest BCUT2D eigenvalue weighted by atomic mass is 32.1. The summed E-state index contributed by atoms with van der Waals surface area (Å²) in [6.07, 6.45) is 3.60. The highest BCUT2D eigenvalue weighted by molar-refractivity contribution is 7.14. The van der Waals surface area contributed by atoms with E-state index in [1.54, 1.807) is 6.07 Å². The fourth-order valence-electron chi connectivity index (χ4n) is 3.44. The smallest absolute Gasteiger partial charge is 0.339 e. The normalized spacial score (nSPS) is 13.0. The molecular weight excluding hydrogens is 346 g/mol. The average molecular weight is 365 g/mol. The Kier molecular flexibility index (Phi) is 4.55. The van der Waals surface area contributed by atoms with E-state index in [0.29, 0.717) is 10.4 Å². The molecule has 1 aliphatic carbocycles. The number of para-hydroxylation sites is 1. The van der Waals surface area contributed by atoms with E-state index in [1.165, 1.54) is 11.3 Å². The lowest BCUT2D eigenvalue weighted by Crippen LogP contribution is -2.15. The second-order valence-electron chi connectivity index (χ2n) is 6.40. The standard InChI is InChI=1S/C21H19NO3S/c1-2-13-10-11-19(26-13)18(23)12-25-21(24)20-14-6-3-4-8-16(14)22-17-9-5-7-15(17)20/h3-4,6,8,10-11H,2,5,7,9,12H2,1H3. The molecule has 2 aromatic heterocycles. The number of benzene rings is 1. The van der Waals surface area contributed by atoms with E-state index in [2.05, 4.69) is 11.9 Å². The van der Waals surface area contributed by atoms with Crippen molar-refractivity contribution >= 4 is 34.0 Å². The summed E-state index contributed by atoms with van der Waals surface area (Å²) in [6.45, 7) is 1.82. The molecule has 0 amide bonds. The van der Waals surface area contributed by atoms with Crippen LogP contribution in [0.2, 0.25) is 0 Å². The fraction of sp³-hybridized carbons (Fsp3) is 0.286. The van der Waals surface area contributed by atoms with Crippen molar-refractivity contribution < 1.29 is 14.3 Å². The van der Waals surface area contributed by atoms with Crippen molar-refractivity contribution in [3.05, 3.63) is 63.0 Å². The Morgan fingerprint density at radius 1 is 1.15 bits per heavy atom. The van der Waals surface area contributed by atoms with E-state index in [0.717, 1.165) is 52.7 Å². The molecule has 4 nitrogen and oxygen atoms in total. The average Bonchev–Trinajstić information content (AvgIpc) is 3.32. The van der Waals surface area contributed by atoms with Crippen LogP contribution >= 0.6 is 11.3 Å². The summed E-state index contributed by atoms with van der Waals surface area (Å²) >= 11 is 1.46. The molecule has 0 spiro atoms. The molecule has 0 saturated carbocycles. The third kappa shape index (κ3) is 3.03. The van der Waals surface area contributed by atoms with Crippen LogP contribution in [0.25, 0.3) is 10.9 Å². The van der Waals surface area contributed by atoms with Gasteiger partial charge in [0.15, 0.2) is 6.61 Å². The lowest BCUT2D eigenvalue weighted by atomic mass is 10.0. The van der Waals surface area contributed by atoms with Gasteiger partial charge in [-0.05, 0) is 49.4 Å². The number of ether oxygens (including phenoxy) is 1. The molecule has 0 aliphatic heterocycles. The summed E-state index contributed by atoms with van der Waals surface area (Å²) in [6, 6.07) is 11.4. The molecular formula is C21H19NO3S. The largest absolute Gasteiger partial charge is 0.454 e. The quantitative estimate of drug-likeness (QED) is 0.497. The number of carbonyl (C=O) groups excluding carboxylic acids is 2. The Morgan fingerprint density at radius 2 is 2.00 bits per heavy atom. The van der Waals surface area contributed by atoms with E-state index >= 15 is 0 Å². The van der Waals surface area contributed by atoms with Crippen molar-refractivity contribution in [1.29, 1.82) is 0 Å². The molecule has 132 valence electrons. The van der Waals surface area contributed by atoms with Crippen LogP contribution in [0.5, 0.6) is 0 Å². The van der Waals surface area contributed by atoms with Gasteiger partial charge < -0.3 is 4.74 Å². The molecule has 0 bridgehead atoms. The maximum Gasteiger partial charge on any atom is 0.339 e. The maximum absolute atomic E-state index is 12.8. The minimum Gasteiger partial charge on any atom is -0.454 e. The molecule has 0 atom stereocenters. The predicted molar refractivity (Wildman–Crippen MR) is 102 cm³/mol. The van der Waals surface area contributed by atoms with Gasteiger partial charge in [0.25, 0.3) is 0 Å². The first-order chi connectivity index (χ1) is 12.7. The zero-order chi connectivity index (χ0) is 18.1. The summed E-state index contributed by atoms with van der Waals surface area (Å²) in [5, 5.41) is 0.801. The highest BCUT2D eigenvalue weighted by Gasteiger charge is 2.25. The number of carbonyl (C=O) groups is 2. The van der Waals surface area contributed by atoms with Gasteiger partial charge in [-0.25, -0.2) is 4.79 Å². The molecule has 0 fully saturated rings. The number of thiophene rings is 1. The number of hydrogen-bond acceptors (Lipinski definition) is 5. The first-order valence-corrected chi connectivity index (χ1v) is 9.68. The molecule has 26 heavy (non-hydrogen) atoms. The van der Waals surface area contributed by atoms with Crippen LogP contribution in [0.3, 0.4) is 0 Å². The molecule has 0 radical (unpaired) electrons. The Balaban J connectivity index is 1.59. The third-order valence-electron chi connectivity index (χ3n) is 4.74. The van der Waals surface area contributed by atoms with Crippen LogP contribution in [-0.2, 0) is 24.0 Å². The zero-order valence-corrected chi connectivity index (χ0v) is 15.4. The van der Waals surface area contributed by atoms with Crippen LogP contribution in [-0.4, -0.2) is 23.3 Å². The van der Waals surface area contributed by atoms with Crippen LogP contribution < -0.4 is 0 Å². The van der Waals surface area contributed by atoms with Gasteiger partial charge in [-0.3, -0.25) is 9.78 Å². The minimum atomic E-state index is -0.428. The third-order valence-corrected chi connectivity index (χ3v) is 6.01. The number of aromatic nitrogens is 1. The summed E-state index contributed by atoms with van der Waals surface area (Å²) < 4.78 is 5.41. The van der Waals surface area contributed by atoms with Crippen molar-refractivity contribution in [2.75, 3.05) is 6.61 Å². The summed E-state index contributed by atoms with van der Waals surface area (Å²) in [7, 11) is 0. The number of fused-ring (bicyclic) bond motifs is 2. The zero-order valence-electron chi connectivity index (χ0n) is 14.6. The van der Waals surface area contributed by atoms with Crippen molar-refractivity contribution in [2.45, 2.75) is 32.6 Å². The molecule has 0 saturated heterocycles. The van der Waals surface area contributed by atoms with Gasteiger partial charge in [0.2, 0.25) is 5.78 Å². The number of ketones is 1. The SMILES string of the molecule is CCc1ccc(C(=O)COC(=O)c2c3c(nc4ccccc24)CCC3)s1. The van der Waals surface area contributed by atoms with Gasteiger partial charge in [-0.2, -0.15) is 0 Å². The van der Waals surface area contributed by atoms with Crippen molar-refractivity contribution in [1.82, 2.24) is 4.98 Å². The molecule has 0 N–H and O–H groups in total. The molecule has 4 rings (SSSR count). The number of pyridine rings is 1. The van der Waals surface area contributed by atoms with Gasteiger partial charge >= 0.3 is 5.97 Å². The minimum absolute atomic E-state index is 0.155. The van der Waals surface area contributed by atoms with Crippen LogP contribution in [0, 0.1) is 0 Å². The van der Waals surface area contributed by atoms with E-state index < -0.39 is 5.97 Å². The summed E-state index contributed by atoms with van der Waals surface area (Å²) in [5.41, 5.74) is 3.34.